The number of hydrogen-bond donors (Lipinski definition) is 3. The van der Waals surface area contributed by atoms with Gasteiger partial charge in [0.15, 0.2) is 0 Å². The van der Waals surface area contributed by atoms with Gasteiger partial charge in [-0.15, -0.1) is 11.3 Å². The average Bonchev–Trinajstić information content (AvgIpc) is 3.15. The van der Waals surface area contributed by atoms with E-state index in [1.807, 2.05) is 0 Å². The highest BCUT2D eigenvalue weighted by atomic mass is 79.9. The van der Waals surface area contributed by atoms with Crippen molar-refractivity contribution in [2.24, 2.45) is 0 Å². The van der Waals surface area contributed by atoms with Crippen LogP contribution in [-0.2, 0) is 14.8 Å². The van der Waals surface area contributed by atoms with Crippen molar-refractivity contribution in [3.05, 3.63) is 39.7 Å². The summed E-state index contributed by atoms with van der Waals surface area (Å²) < 4.78 is 60.1. The summed E-state index contributed by atoms with van der Waals surface area (Å²) in [4.78, 5) is 22.8. The molecule has 1 fully saturated rings. The van der Waals surface area contributed by atoms with Crippen LogP contribution in [-0.4, -0.2) is 49.8 Å². The van der Waals surface area contributed by atoms with E-state index in [9.17, 15) is 31.5 Å². The van der Waals surface area contributed by atoms with Crippen LogP contribution in [0.15, 0.2) is 38.3 Å². The Hall–Kier alpha value is -2.32. The van der Waals surface area contributed by atoms with Gasteiger partial charge >= 0.3 is 18.1 Å². The van der Waals surface area contributed by atoms with Gasteiger partial charge in [0.25, 0.3) is 10.0 Å². The van der Waals surface area contributed by atoms with E-state index in [2.05, 4.69) is 25.6 Å². The van der Waals surface area contributed by atoms with Crippen LogP contribution in [0.5, 0.6) is 0 Å². The number of alkyl halides is 3. The van der Waals surface area contributed by atoms with Crippen molar-refractivity contribution in [3.8, 4) is 0 Å². The number of sulfonamides is 1. The van der Waals surface area contributed by atoms with Crippen LogP contribution < -0.4 is 9.62 Å². The van der Waals surface area contributed by atoms with Gasteiger partial charge in [0.1, 0.15) is 4.21 Å². The second-order valence-electron chi connectivity index (χ2n) is 7.26. The van der Waals surface area contributed by atoms with E-state index in [-0.39, 0.29) is 15.5 Å². The molecule has 188 valence electrons. The van der Waals surface area contributed by atoms with Gasteiger partial charge in [0.2, 0.25) is 0 Å². The Morgan fingerprint density at radius 3 is 2.03 bits per heavy atom. The first-order valence-electron chi connectivity index (χ1n) is 10.0. The quantitative estimate of drug-likeness (QED) is 0.427. The third-order valence-corrected chi connectivity index (χ3v) is 8.23. The minimum absolute atomic E-state index is 0.114. The summed E-state index contributed by atoms with van der Waals surface area (Å²) in [5, 5.41) is 16.8. The number of anilines is 2. The fraction of sp³-hybridized carbons (Fsp3) is 0.400. The topological polar surface area (TPSA) is 124 Å². The lowest BCUT2D eigenvalue weighted by atomic mass is 10.1. The molecule has 1 aliphatic rings. The summed E-state index contributed by atoms with van der Waals surface area (Å²) in [5.41, 5.74) is 1.00. The number of rotatable bonds is 5. The van der Waals surface area contributed by atoms with Gasteiger partial charge in [-0.3, -0.25) is 4.72 Å². The molecule has 1 aromatic carbocycles. The second kappa shape index (κ2) is 11.9. The first kappa shape index (κ1) is 27.9. The number of thiophene rings is 1. The number of carbonyl (C=O) groups is 2. The smallest absolute Gasteiger partial charge is 0.478 e. The number of carboxylic acid groups (broad SMARTS) is 2. The molecule has 0 amide bonds. The Morgan fingerprint density at radius 2 is 1.56 bits per heavy atom. The Balaban J connectivity index is 0.000000509. The standard InChI is InChI=1S/C18H21BrN2O4S2.C2HF3O2/c19-16-8-9-17(26-16)27(24,25)20-13-6-7-15(14(12-13)18(22)23)21-10-4-2-1-3-5-11-21;3-2(4,5)1(6)7/h6-9,12,20H,1-5,10-11H2,(H,22,23);(H,6,7). The van der Waals surface area contributed by atoms with E-state index in [0.717, 1.165) is 50.1 Å². The number of benzene rings is 1. The van der Waals surface area contributed by atoms with Gasteiger partial charge in [-0.05, 0) is 59.1 Å². The Morgan fingerprint density at radius 1 is 1.00 bits per heavy atom. The third-order valence-electron chi connectivity index (χ3n) is 4.73. The Kier molecular flexibility index (Phi) is 9.76. The molecule has 0 atom stereocenters. The highest BCUT2D eigenvalue weighted by molar-refractivity contribution is 9.11. The molecule has 0 bridgehead atoms. The molecule has 34 heavy (non-hydrogen) atoms. The molecule has 2 aromatic rings. The van der Waals surface area contributed by atoms with Gasteiger partial charge in [0.05, 0.1) is 15.0 Å². The number of aromatic carboxylic acids is 1. The summed E-state index contributed by atoms with van der Waals surface area (Å²) in [6, 6.07) is 7.89. The van der Waals surface area contributed by atoms with Gasteiger partial charge < -0.3 is 15.1 Å². The minimum atomic E-state index is -5.08. The predicted octanol–water partition coefficient (Wildman–Crippen LogP) is 5.41. The van der Waals surface area contributed by atoms with Crippen molar-refractivity contribution >= 4 is 60.6 Å². The summed E-state index contributed by atoms with van der Waals surface area (Å²) >= 11 is 4.35. The zero-order chi connectivity index (χ0) is 25.5. The van der Waals surface area contributed by atoms with Crippen LogP contribution in [0.3, 0.4) is 0 Å². The number of hydrogen-bond acceptors (Lipinski definition) is 6. The second-order valence-corrected chi connectivity index (χ2v) is 11.6. The number of nitrogens with zero attached hydrogens (tertiary/aromatic N) is 1. The molecule has 3 N–H and O–H groups in total. The van der Waals surface area contributed by atoms with E-state index < -0.39 is 28.1 Å². The minimum Gasteiger partial charge on any atom is -0.478 e. The van der Waals surface area contributed by atoms with Crippen molar-refractivity contribution in [2.75, 3.05) is 22.7 Å². The van der Waals surface area contributed by atoms with Crippen LogP contribution in [0.1, 0.15) is 42.5 Å². The van der Waals surface area contributed by atoms with Crippen molar-refractivity contribution in [2.45, 2.75) is 42.5 Å². The van der Waals surface area contributed by atoms with Gasteiger partial charge in [-0.2, -0.15) is 13.2 Å². The maximum absolute atomic E-state index is 12.5. The van der Waals surface area contributed by atoms with Crippen LogP contribution >= 0.6 is 27.3 Å². The zero-order valence-electron chi connectivity index (χ0n) is 17.6. The van der Waals surface area contributed by atoms with Crippen LogP contribution in [0.2, 0.25) is 0 Å². The first-order valence-corrected chi connectivity index (χ1v) is 13.1. The zero-order valence-corrected chi connectivity index (χ0v) is 20.9. The van der Waals surface area contributed by atoms with Crippen LogP contribution in [0.4, 0.5) is 24.5 Å². The van der Waals surface area contributed by atoms with Crippen LogP contribution in [0, 0.1) is 0 Å². The molecule has 3 rings (SSSR count). The molecule has 8 nitrogen and oxygen atoms in total. The lowest BCUT2D eigenvalue weighted by Crippen LogP contribution is -2.28. The van der Waals surface area contributed by atoms with Crippen LogP contribution in [0.25, 0.3) is 0 Å². The number of carboxylic acids is 2. The number of halogens is 4. The molecule has 0 spiro atoms. The molecule has 1 aromatic heterocycles. The van der Waals surface area contributed by atoms with Crippen molar-refractivity contribution in [1.82, 2.24) is 0 Å². The molecular formula is C20H22BrF3N2O6S2. The SMILES string of the molecule is O=C(O)C(F)(F)F.O=C(O)c1cc(NS(=O)(=O)c2ccc(Br)s2)ccc1N1CCCCCCC1. The molecule has 0 radical (unpaired) electrons. The molecule has 14 heteroatoms. The summed E-state index contributed by atoms with van der Waals surface area (Å²) in [6.45, 7) is 1.63. The molecule has 1 aliphatic heterocycles. The van der Waals surface area contributed by atoms with Crippen molar-refractivity contribution in [3.63, 3.8) is 0 Å². The average molecular weight is 587 g/mol. The summed E-state index contributed by atoms with van der Waals surface area (Å²) in [6.07, 6.45) is 0.487. The maximum Gasteiger partial charge on any atom is 0.490 e. The first-order chi connectivity index (χ1) is 15.8. The largest absolute Gasteiger partial charge is 0.490 e. The molecule has 0 unspecified atom stereocenters. The van der Waals surface area contributed by atoms with Gasteiger partial charge in [-0.25, -0.2) is 18.0 Å². The van der Waals surface area contributed by atoms with E-state index in [1.54, 1.807) is 18.2 Å². The number of nitrogens with one attached hydrogen (secondary N) is 1. The highest BCUT2D eigenvalue weighted by Gasteiger charge is 2.38. The van der Waals surface area contributed by atoms with Crippen molar-refractivity contribution < 1.29 is 41.4 Å². The van der Waals surface area contributed by atoms with E-state index in [0.29, 0.717) is 9.47 Å². The molecule has 1 saturated heterocycles. The lowest BCUT2D eigenvalue weighted by Gasteiger charge is -2.28. The van der Waals surface area contributed by atoms with Gasteiger partial charge in [-0.1, -0.05) is 19.3 Å². The van der Waals surface area contributed by atoms with E-state index >= 15 is 0 Å². The summed E-state index contributed by atoms with van der Waals surface area (Å²) in [7, 11) is -3.75. The monoisotopic (exact) mass is 586 g/mol. The predicted molar refractivity (Wildman–Crippen MR) is 125 cm³/mol. The fourth-order valence-corrected chi connectivity index (χ4v) is 6.24. The van der Waals surface area contributed by atoms with Crippen molar-refractivity contribution in [1.29, 1.82) is 0 Å². The highest BCUT2D eigenvalue weighted by Crippen LogP contribution is 2.30. The van der Waals surface area contributed by atoms with Gasteiger partial charge in [0, 0.05) is 18.8 Å². The molecule has 0 saturated carbocycles. The molecular weight excluding hydrogens is 565 g/mol. The van der Waals surface area contributed by atoms with E-state index in [4.69, 9.17) is 9.90 Å². The third kappa shape index (κ3) is 8.17. The maximum atomic E-state index is 12.5. The molecule has 0 aliphatic carbocycles. The Bertz CT molecular complexity index is 1110. The number of aliphatic carboxylic acids is 1. The lowest BCUT2D eigenvalue weighted by molar-refractivity contribution is -0.192. The normalized spacial score (nSPS) is 14.9. The molecule has 2 heterocycles. The summed E-state index contributed by atoms with van der Waals surface area (Å²) in [5.74, 6) is -3.82. The van der Waals surface area contributed by atoms with E-state index in [1.165, 1.54) is 18.6 Å². The fourth-order valence-electron chi connectivity index (χ4n) is 3.18. The Labute approximate surface area is 206 Å².